The second-order valence-electron chi connectivity index (χ2n) is 14.2. The number of hydrogen-bond donors (Lipinski definition) is 2. The lowest BCUT2D eigenvalue weighted by atomic mass is 9.76. The summed E-state index contributed by atoms with van der Waals surface area (Å²) in [6.07, 6.45) is -2.29. The van der Waals surface area contributed by atoms with Crippen molar-refractivity contribution < 1.29 is 42.7 Å². The molecule has 0 aliphatic heterocycles. The fourth-order valence-corrected chi connectivity index (χ4v) is 7.43. The van der Waals surface area contributed by atoms with Crippen LogP contribution in [0.15, 0.2) is 182 Å². The highest BCUT2D eigenvalue weighted by Gasteiger charge is 2.52. The number of benzene rings is 6. The molecule has 10 nitrogen and oxygen atoms in total. The minimum absolute atomic E-state index is 0.0545. The highest BCUT2D eigenvalue weighted by Crippen LogP contribution is 2.40. The first-order chi connectivity index (χ1) is 28.8. The maximum atomic E-state index is 13.8. The van der Waals surface area contributed by atoms with Crippen molar-refractivity contribution in [2.45, 2.75) is 63.1 Å². The number of phosphoric ester groups is 1. The monoisotopic (exact) mass is 815 g/mol. The molecule has 2 N–H and O–H groups in total. The van der Waals surface area contributed by atoms with Crippen LogP contribution in [0.2, 0.25) is 0 Å². The quantitative estimate of drug-likeness (QED) is 0.0351. The molecule has 3 atom stereocenters. The predicted octanol–water partition coefficient (Wildman–Crippen LogP) is 8.67. The van der Waals surface area contributed by atoms with E-state index < -0.39 is 38.3 Å². The van der Waals surface area contributed by atoms with Crippen LogP contribution in [0.3, 0.4) is 0 Å². The largest absolute Gasteiger partial charge is 0.469 e. The van der Waals surface area contributed by atoms with Crippen molar-refractivity contribution >= 4 is 14.2 Å². The van der Waals surface area contributed by atoms with E-state index >= 15 is 0 Å². The Balaban J connectivity index is 1.57. The summed E-state index contributed by atoms with van der Waals surface area (Å²) in [5, 5.41) is 1.34. The molecule has 1 amide bonds. The molecular formula is C48H50NO9P. The average molecular weight is 816 g/mol. The number of phosphoric acid groups is 1. The van der Waals surface area contributed by atoms with Crippen molar-refractivity contribution in [3.8, 4) is 0 Å². The van der Waals surface area contributed by atoms with Crippen LogP contribution in [-0.2, 0) is 72.2 Å². The number of rotatable bonds is 24. The zero-order valence-electron chi connectivity index (χ0n) is 32.7. The summed E-state index contributed by atoms with van der Waals surface area (Å²) >= 11 is 0. The van der Waals surface area contributed by atoms with Gasteiger partial charge < -0.3 is 24.0 Å². The van der Waals surface area contributed by atoms with Gasteiger partial charge in [-0.2, -0.15) is 0 Å². The number of carbonyl (C=O) groups excluding carboxylic acids is 1. The van der Waals surface area contributed by atoms with Crippen molar-refractivity contribution in [2.24, 2.45) is 0 Å². The van der Waals surface area contributed by atoms with Gasteiger partial charge in [-0.15, -0.1) is 0 Å². The topological polar surface area (TPSA) is 124 Å². The Hall–Kier alpha value is -5.26. The van der Waals surface area contributed by atoms with E-state index in [-0.39, 0.29) is 39.3 Å². The zero-order chi connectivity index (χ0) is 41.2. The standard InChI is InChI=1S/C48H50NO9P/c50-38-49(57-36-44-29-17-6-18-30-44)48(31-39-19-7-1-8-20-39,32-40-21-9-2-10-22-40)47(56-35-43-27-15-5-16-28-43)46(55-34-42-25-13-4-14-26-42)45(37-58-59(51,52)53)54-33-41-23-11-3-12-24-41/h1-30,38,45-47H,31-37H2,(H2,51,52,53)/t45-,46-,47-/m1/s1. The van der Waals surface area contributed by atoms with Crippen molar-refractivity contribution in [3.05, 3.63) is 215 Å². The van der Waals surface area contributed by atoms with Crippen LogP contribution < -0.4 is 0 Å². The summed E-state index contributed by atoms with van der Waals surface area (Å²) in [5.41, 5.74) is 3.70. The first-order valence-electron chi connectivity index (χ1n) is 19.5. The highest BCUT2D eigenvalue weighted by molar-refractivity contribution is 7.46. The SMILES string of the molecule is O=CN(OCc1ccccc1)C(Cc1ccccc1)(Cc1ccccc1)[C@H](OCc1ccccc1)[C@H](OCc1ccccc1)[C@@H](COP(=O)(O)O)OCc1ccccc1. The Morgan fingerprint density at radius 2 is 0.864 bits per heavy atom. The minimum Gasteiger partial charge on any atom is -0.368 e. The highest BCUT2D eigenvalue weighted by atomic mass is 31.2. The van der Waals surface area contributed by atoms with Crippen molar-refractivity contribution in [3.63, 3.8) is 0 Å². The number of carbonyl (C=O) groups is 1. The second kappa shape index (κ2) is 22.2. The Labute approximate surface area is 346 Å². The third-order valence-corrected chi connectivity index (χ3v) is 10.4. The third-order valence-electron chi connectivity index (χ3n) is 9.92. The van der Waals surface area contributed by atoms with Gasteiger partial charge in [-0.1, -0.05) is 182 Å². The molecule has 0 unspecified atom stereocenters. The van der Waals surface area contributed by atoms with E-state index in [2.05, 4.69) is 0 Å². The molecule has 306 valence electrons. The van der Waals surface area contributed by atoms with Gasteiger partial charge in [0.05, 0.1) is 26.4 Å². The molecule has 0 spiro atoms. The van der Waals surface area contributed by atoms with E-state index in [1.807, 2.05) is 182 Å². The van der Waals surface area contributed by atoms with Crippen LogP contribution in [0.5, 0.6) is 0 Å². The molecule has 0 saturated carbocycles. The van der Waals surface area contributed by atoms with Crippen LogP contribution in [-0.4, -0.2) is 51.7 Å². The summed E-state index contributed by atoms with van der Waals surface area (Å²) in [4.78, 5) is 40.6. The zero-order valence-corrected chi connectivity index (χ0v) is 33.6. The molecule has 6 aromatic carbocycles. The lowest BCUT2D eigenvalue weighted by Crippen LogP contribution is -2.66. The Bertz CT molecular complexity index is 2090. The van der Waals surface area contributed by atoms with Crippen LogP contribution in [0.1, 0.15) is 33.4 Å². The number of amides is 1. The van der Waals surface area contributed by atoms with Crippen LogP contribution in [0.4, 0.5) is 0 Å². The molecule has 59 heavy (non-hydrogen) atoms. The van der Waals surface area contributed by atoms with E-state index in [1.165, 1.54) is 5.06 Å². The van der Waals surface area contributed by atoms with Gasteiger partial charge in [0.15, 0.2) is 0 Å². The fourth-order valence-electron chi connectivity index (χ4n) is 7.08. The molecule has 11 heteroatoms. The van der Waals surface area contributed by atoms with Crippen LogP contribution >= 0.6 is 7.82 Å². The molecule has 0 aromatic heterocycles. The summed E-state index contributed by atoms with van der Waals surface area (Å²) in [6.45, 7) is -0.310. The van der Waals surface area contributed by atoms with E-state index in [9.17, 15) is 19.1 Å². The first-order valence-corrected chi connectivity index (χ1v) is 21.0. The van der Waals surface area contributed by atoms with Crippen LogP contribution in [0.25, 0.3) is 0 Å². The molecule has 0 heterocycles. The molecular weight excluding hydrogens is 766 g/mol. The minimum atomic E-state index is -5.01. The predicted molar refractivity (Wildman–Crippen MR) is 225 cm³/mol. The van der Waals surface area contributed by atoms with Gasteiger partial charge in [0.1, 0.15) is 30.5 Å². The Morgan fingerprint density at radius 3 is 1.25 bits per heavy atom. The van der Waals surface area contributed by atoms with E-state index in [1.54, 1.807) is 0 Å². The van der Waals surface area contributed by atoms with Crippen molar-refractivity contribution in [2.75, 3.05) is 6.61 Å². The van der Waals surface area contributed by atoms with Crippen molar-refractivity contribution in [1.82, 2.24) is 5.06 Å². The summed E-state index contributed by atoms with van der Waals surface area (Å²) < 4.78 is 38.4. The molecule has 0 radical (unpaired) electrons. The van der Waals surface area contributed by atoms with E-state index in [0.717, 1.165) is 33.4 Å². The Morgan fingerprint density at radius 1 is 0.508 bits per heavy atom. The normalized spacial score (nSPS) is 13.3. The number of hydroxylamine groups is 2. The molecule has 0 aliphatic rings. The van der Waals surface area contributed by atoms with Crippen molar-refractivity contribution in [1.29, 1.82) is 0 Å². The van der Waals surface area contributed by atoms with Gasteiger partial charge in [-0.25, -0.2) is 9.63 Å². The molecule has 6 aromatic rings. The molecule has 0 fully saturated rings. The third kappa shape index (κ3) is 13.4. The number of ether oxygens (including phenoxy) is 3. The molecule has 6 rings (SSSR count). The second-order valence-corrected chi connectivity index (χ2v) is 15.5. The lowest BCUT2D eigenvalue weighted by molar-refractivity contribution is -0.267. The molecule has 0 bridgehead atoms. The summed E-state index contributed by atoms with van der Waals surface area (Å²) in [7, 11) is -5.01. The maximum Gasteiger partial charge on any atom is 0.469 e. The van der Waals surface area contributed by atoms with Gasteiger partial charge >= 0.3 is 7.82 Å². The molecule has 0 aliphatic carbocycles. The van der Waals surface area contributed by atoms with Gasteiger partial charge in [0, 0.05) is 12.8 Å². The first kappa shape index (κ1) is 43.3. The lowest BCUT2D eigenvalue weighted by Gasteiger charge is -2.49. The average Bonchev–Trinajstić information content (AvgIpc) is 3.27. The summed E-state index contributed by atoms with van der Waals surface area (Å²) in [5.74, 6) is 0. The van der Waals surface area contributed by atoms with Gasteiger partial charge in [-0.05, 0) is 33.4 Å². The number of nitrogens with zero attached hydrogens (tertiary/aromatic N) is 1. The maximum absolute atomic E-state index is 13.8. The van der Waals surface area contributed by atoms with Crippen LogP contribution in [0, 0.1) is 0 Å². The fraction of sp³-hybridized carbons (Fsp3) is 0.229. The van der Waals surface area contributed by atoms with Gasteiger partial charge in [0.25, 0.3) is 0 Å². The van der Waals surface area contributed by atoms with E-state index in [0.29, 0.717) is 6.41 Å². The summed E-state index contributed by atoms with van der Waals surface area (Å²) in [6, 6.07) is 57.7. The van der Waals surface area contributed by atoms with Gasteiger partial charge in [0.2, 0.25) is 6.41 Å². The smallest absolute Gasteiger partial charge is 0.368 e. The van der Waals surface area contributed by atoms with E-state index in [4.69, 9.17) is 23.6 Å². The van der Waals surface area contributed by atoms with Gasteiger partial charge in [-0.3, -0.25) is 14.2 Å². The number of hydrogen-bond acceptors (Lipinski definition) is 7. The molecule has 0 saturated heterocycles. The Kier molecular flexibility index (Phi) is 16.3.